The number of fused-ring (bicyclic) bond motifs is 16. The zero-order valence-electron chi connectivity index (χ0n) is 48.7. The van der Waals surface area contributed by atoms with Gasteiger partial charge < -0.3 is 9.80 Å². The van der Waals surface area contributed by atoms with Crippen LogP contribution in [0.25, 0.3) is 44.5 Å². The maximum atomic E-state index is 9.33. The van der Waals surface area contributed by atoms with Crippen LogP contribution < -0.4 is 9.80 Å². The predicted molar refractivity (Wildman–Crippen MR) is 327 cm³/mol. The van der Waals surface area contributed by atoms with Gasteiger partial charge in [-0.2, -0.15) is 0 Å². The molecule has 16 rings (SSSR count). The Labute approximate surface area is 469 Å². The van der Waals surface area contributed by atoms with E-state index in [2.05, 4.69) is 243 Å². The van der Waals surface area contributed by atoms with Crippen LogP contribution in [0.5, 0.6) is 0 Å². The summed E-state index contributed by atoms with van der Waals surface area (Å²) in [5.41, 5.74) is 24.3. The van der Waals surface area contributed by atoms with E-state index in [1.54, 1.807) is 0 Å². The zero-order chi connectivity index (χ0) is 56.8. The fraction of sp³-hybridized carbons (Fsp3) is 0.0649. The van der Waals surface area contributed by atoms with E-state index in [1.807, 2.05) is 41.3 Å². The minimum atomic E-state index is -0.832. The number of rotatable bonds is 8. The van der Waals surface area contributed by atoms with E-state index in [4.69, 9.17) is 4.11 Å². The Hall–Kier alpha value is -9.76. The fourth-order valence-electron chi connectivity index (χ4n) is 14.6. The molecular formula is C77H54N2. The van der Waals surface area contributed by atoms with Crippen molar-refractivity contribution in [2.24, 2.45) is 0 Å². The van der Waals surface area contributed by atoms with Crippen LogP contribution >= 0.6 is 0 Å². The first-order valence-electron chi connectivity index (χ1n) is 29.8. The highest BCUT2D eigenvalue weighted by molar-refractivity contribution is 5.99. The summed E-state index contributed by atoms with van der Waals surface area (Å²) in [7, 11) is 0. The Kier molecular flexibility index (Phi) is 8.77. The molecule has 0 bridgehead atoms. The van der Waals surface area contributed by atoms with Crippen LogP contribution in [0.3, 0.4) is 0 Å². The predicted octanol–water partition coefficient (Wildman–Crippen LogP) is 19.6. The number of nitrogens with zero attached hydrogens (tertiary/aromatic N) is 2. The first-order chi connectivity index (χ1) is 41.0. The molecule has 0 fully saturated rings. The van der Waals surface area contributed by atoms with Crippen LogP contribution in [0.2, 0.25) is 0 Å². The van der Waals surface area contributed by atoms with Gasteiger partial charge in [0, 0.05) is 39.5 Å². The smallest absolute Gasteiger partial charge is 0.0727 e. The highest BCUT2D eigenvalue weighted by Crippen LogP contribution is 2.65. The minimum absolute atomic E-state index is 0.0872. The summed E-state index contributed by atoms with van der Waals surface area (Å²) in [6, 6.07) is 92.8. The van der Waals surface area contributed by atoms with E-state index in [0.29, 0.717) is 11.4 Å². The van der Waals surface area contributed by atoms with Crippen LogP contribution in [-0.4, -0.2) is 0 Å². The Morgan fingerprint density at radius 2 is 0.608 bits per heavy atom. The maximum Gasteiger partial charge on any atom is 0.0727 e. The average molecular weight is 1010 g/mol. The van der Waals surface area contributed by atoms with Gasteiger partial charge in [-0.05, 0) is 173 Å². The molecule has 12 aromatic rings. The van der Waals surface area contributed by atoms with Crippen LogP contribution in [0, 0.1) is 0 Å². The molecule has 1 atom stereocenters. The lowest BCUT2D eigenvalue weighted by molar-refractivity contribution is 0.660. The van der Waals surface area contributed by atoms with Crippen LogP contribution in [0.4, 0.5) is 34.1 Å². The summed E-state index contributed by atoms with van der Waals surface area (Å²) in [4.78, 5) is 4.30. The molecular weight excluding hydrogens is 953 g/mol. The molecule has 1 spiro atoms. The molecule has 0 heterocycles. The van der Waals surface area contributed by atoms with Crippen molar-refractivity contribution in [1.29, 1.82) is 0 Å². The third kappa shape index (κ3) is 6.29. The molecule has 2 nitrogen and oxygen atoms in total. The second-order valence-corrected chi connectivity index (χ2v) is 21.9. The van der Waals surface area contributed by atoms with Crippen molar-refractivity contribution >= 4 is 34.1 Å². The van der Waals surface area contributed by atoms with Gasteiger partial charge in [-0.1, -0.05) is 232 Å². The summed E-state index contributed by atoms with van der Waals surface area (Å²) >= 11 is 0. The van der Waals surface area contributed by atoms with Gasteiger partial charge in [0.05, 0.1) is 17.7 Å². The van der Waals surface area contributed by atoms with Crippen molar-refractivity contribution in [2.75, 3.05) is 9.80 Å². The van der Waals surface area contributed by atoms with Gasteiger partial charge in [0.2, 0.25) is 0 Å². The van der Waals surface area contributed by atoms with E-state index in [0.717, 1.165) is 61.6 Å². The van der Waals surface area contributed by atoms with Crippen LogP contribution in [0.15, 0.2) is 291 Å². The van der Waals surface area contributed by atoms with Crippen molar-refractivity contribution in [3.05, 3.63) is 347 Å². The van der Waals surface area contributed by atoms with Gasteiger partial charge in [0.15, 0.2) is 0 Å². The number of anilines is 6. The summed E-state index contributed by atoms with van der Waals surface area (Å²) in [6.07, 6.45) is 0. The van der Waals surface area contributed by atoms with E-state index in [9.17, 15) is 2.74 Å². The average Bonchev–Trinajstić information content (AvgIpc) is 1.55. The largest absolute Gasteiger partial charge is 0.310 e. The molecule has 0 N–H and O–H groups in total. The van der Waals surface area contributed by atoms with Crippen molar-refractivity contribution in [1.82, 2.24) is 0 Å². The first kappa shape index (κ1) is 40.5. The fourth-order valence-corrected chi connectivity index (χ4v) is 14.6. The normalized spacial score (nSPS) is 16.6. The molecule has 4 aliphatic rings. The lowest BCUT2D eigenvalue weighted by Gasteiger charge is -2.34. The van der Waals surface area contributed by atoms with E-state index in [1.165, 1.54) is 55.6 Å². The Morgan fingerprint density at radius 1 is 0.253 bits per heavy atom. The standard InChI is InChI=1S/C77H54N2/c1-75(2)67-35-19-15-31-59(67)63-43-39-56(48-72(63)75)79(55-42-46-71-66(47-55)62-34-18-20-36-68(62)76(71,51-23-7-3-8-24-51)52-25-9-4-10-26-52)58-41-45-65-61-33-17-22-38-70(61)77(74(65)50-58)69-37-21-16-32-60(69)64-44-40-57(49-73(64)77)78(53-27-11-5-12-28-53)54-29-13-6-14-30-54/h3-50H,1-2H3/i5D,11D,12D,27D,28D. The SMILES string of the molecule is [2H]c1c([2H])c([2H])c(N(c2ccccc2)c2ccc3c(c2)C2(c4ccccc4-c4ccc(N(c5ccc6c(c5)-c5ccccc5C6(c5ccccc5)c5ccccc5)c5ccc6c(c5)C(C)(C)c5ccccc5-6)cc42)c2ccccc2-3)c([2H])c1[2H]. The van der Waals surface area contributed by atoms with Gasteiger partial charge in [-0.3, -0.25) is 0 Å². The number of hydrogen-bond donors (Lipinski definition) is 0. The molecule has 79 heavy (non-hydrogen) atoms. The highest BCUT2D eigenvalue weighted by Gasteiger charge is 2.52. The molecule has 372 valence electrons. The molecule has 12 aromatic carbocycles. The quantitative estimate of drug-likeness (QED) is 0.150. The first-order valence-corrected chi connectivity index (χ1v) is 27.3. The number of benzene rings is 12. The number of para-hydroxylation sites is 2. The molecule has 2 heteroatoms. The molecule has 0 aliphatic heterocycles. The van der Waals surface area contributed by atoms with Gasteiger partial charge in [0.25, 0.3) is 0 Å². The molecule has 1 unspecified atom stereocenters. The van der Waals surface area contributed by atoms with Crippen LogP contribution in [0.1, 0.15) is 76.3 Å². The topological polar surface area (TPSA) is 6.48 Å². The molecule has 0 saturated carbocycles. The molecule has 0 aromatic heterocycles. The third-order valence-corrected chi connectivity index (χ3v) is 17.8. The molecule has 0 saturated heterocycles. The van der Waals surface area contributed by atoms with E-state index < -0.39 is 16.9 Å². The van der Waals surface area contributed by atoms with Gasteiger partial charge in [0.1, 0.15) is 0 Å². The highest BCUT2D eigenvalue weighted by atomic mass is 15.1. The molecule has 4 aliphatic carbocycles. The summed E-state index contributed by atoms with van der Waals surface area (Å²) in [6.45, 7) is 4.70. The second kappa shape index (κ2) is 17.1. The summed E-state index contributed by atoms with van der Waals surface area (Å²) in [5, 5.41) is 0. The monoisotopic (exact) mass is 1010 g/mol. The lowest BCUT2D eigenvalue weighted by atomic mass is 9.68. The zero-order valence-corrected chi connectivity index (χ0v) is 43.7. The Morgan fingerprint density at radius 3 is 1.14 bits per heavy atom. The van der Waals surface area contributed by atoms with Gasteiger partial charge in [-0.15, -0.1) is 0 Å². The maximum absolute atomic E-state index is 9.33. The molecule has 0 amide bonds. The Balaban J connectivity index is 0.955. The summed E-state index contributed by atoms with van der Waals surface area (Å²) in [5.74, 6) is 0. The van der Waals surface area contributed by atoms with Crippen molar-refractivity contribution < 1.29 is 6.85 Å². The lowest BCUT2D eigenvalue weighted by Crippen LogP contribution is -2.28. The van der Waals surface area contributed by atoms with E-state index in [-0.39, 0.29) is 35.3 Å². The van der Waals surface area contributed by atoms with Gasteiger partial charge >= 0.3 is 0 Å². The van der Waals surface area contributed by atoms with Crippen molar-refractivity contribution in [3.8, 4) is 44.5 Å². The van der Waals surface area contributed by atoms with Crippen molar-refractivity contribution in [3.63, 3.8) is 0 Å². The van der Waals surface area contributed by atoms with E-state index >= 15 is 0 Å². The molecule has 0 radical (unpaired) electrons. The van der Waals surface area contributed by atoms with Gasteiger partial charge in [-0.25, -0.2) is 0 Å². The second-order valence-electron chi connectivity index (χ2n) is 21.9. The Bertz CT molecular complexity index is 4650. The van der Waals surface area contributed by atoms with Crippen molar-refractivity contribution in [2.45, 2.75) is 30.1 Å². The number of hydrogen-bond acceptors (Lipinski definition) is 2. The van der Waals surface area contributed by atoms with Crippen LogP contribution in [-0.2, 0) is 16.2 Å². The third-order valence-electron chi connectivity index (χ3n) is 17.8. The minimum Gasteiger partial charge on any atom is -0.310 e. The summed E-state index contributed by atoms with van der Waals surface area (Å²) < 4.78 is 44.9.